The molecule has 7 nitrogen and oxygen atoms in total. The molecule has 2 aromatic rings. The van der Waals surface area contributed by atoms with E-state index < -0.39 is 11.4 Å². The Labute approximate surface area is 262 Å². The number of carbonyl (C=O) groups is 1. The van der Waals surface area contributed by atoms with Gasteiger partial charge in [0.15, 0.2) is 0 Å². The van der Waals surface area contributed by atoms with Crippen molar-refractivity contribution in [3.05, 3.63) is 96.6 Å². The highest BCUT2D eigenvalue weighted by Gasteiger charge is 2.30. The van der Waals surface area contributed by atoms with Crippen molar-refractivity contribution in [3.8, 4) is 28.2 Å². The smallest absolute Gasteiger partial charge is 0.339 e. The molecule has 1 fully saturated rings. The van der Waals surface area contributed by atoms with E-state index in [1.165, 1.54) is 18.2 Å². The van der Waals surface area contributed by atoms with Crippen LogP contribution in [0.2, 0.25) is 20.1 Å². The molecule has 0 spiro atoms. The summed E-state index contributed by atoms with van der Waals surface area (Å²) in [6.07, 6.45) is 3.18. The summed E-state index contributed by atoms with van der Waals surface area (Å²) < 4.78 is 11.9. The Morgan fingerprint density at radius 2 is 1.67 bits per heavy atom. The SMILES string of the molecule is C=CCOC(=O)c1cc(Cl)c(Cl)cc1-c1c2cc(Cl)c(=O)c(CC=C)c-2oc2c(CN3CCNCC3)c(O)c(Cl)cc12. The highest BCUT2D eigenvalue weighted by molar-refractivity contribution is 6.42. The van der Waals surface area contributed by atoms with Gasteiger partial charge in [0.2, 0.25) is 5.43 Å². The molecule has 3 aliphatic rings. The van der Waals surface area contributed by atoms with Gasteiger partial charge in [0, 0.05) is 54.8 Å². The van der Waals surface area contributed by atoms with Gasteiger partial charge in [-0.25, -0.2) is 4.79 Å². The molecule has 0 aromatic heterocycles. The van der Waals surface area contributed by atoms with Gasteiger partial charge in [-0.05, 0) is 36.2 Å². The minimum Gasteiger partial charge on any atom is -0.506 e. The zero-order valence-electron chi connectivity index (χ0n) is 22.4. The number of allylic oxidation sites excluding steroid dienone is 1. The third-order valence-electron chi connectivity index (χ3n) is 7.15. The van der Waals surface area contributed by atoms with Crippen molar-refractivity contribution >= 4 is 63.3 Å². The van der Waals surface area contributed by atoms with Crippen molar-refractivity contribution in [1.82, 2.24) is 10.2 Å². The minimum atomic E-state index is -0.672. The highest BCUT2D eigenvalue weighted by Crippen LogP contribution is 2.48. The molecule has 2 N–H and O–H groups in total. The average molecular weight is 648 g/mol. The summed E-state index contributed by atoms with van der Waals surface area (Å²) >= 11 is 26.0. The molecule has 218 valence electrons. The molecular formula is C31H26Cl4N2O5. The zero-order valence-corrected chi connectivity index (χ0v) is 25.4. The Hall–Kier alpha value is -3.04. The van der Waals surface area contributed by atoms with Gasteiger partial charge in [-0.3, -0.25) is 9.69 Å². The van der Waals surface area contributed by atoms with E-state index in [1.54, 1.807) is 18.2 Å². The number of carbonyl (C=O) groups excluding carboxylic acids is 1. The number of nitrogens with zero attached hydrogens (tertiary/aromatic N) is 1. The van der Waals surface area contributed by atoms with E-state index in [2.05, 4.69) is 23.4 Å². The van der Waals surface area contributed by atoms with Crippen LogP contribution in [0.3, 0.4) is 0 Å². The van der Waals surface area contributed by atoms with Gasteiger partial charge in [0.25, 0.3) is 0 Å². The van der Waals surface area contributed by atoms with Crippen molar-refractivity contribution in [2.45, 2.75) is 13.0 Å². The second kappa shape index (κ2) is 12.7. The van der Waals surface area contributed by atoms with Gasteiger partial charge >= 0.3 is 5.97 Å². The summed E-state index contributed by atoms with van der Waals surface area (Å²) in [5.74, 6) is -0.584. The molecule has 0 unspecified atom stereocenters. The predicted octanol–water partition coefficient (Wildman–Crippen LogP) is 7.36. The molecule has 0 atom stereocenters. The first-order valence-electron chi connectivity index (χ1n) is 13.1. The van der Waals surface area contributed by atoms with Gasteiger partial charge in [0.05, 0.1) is 31.2 Å². The standard InChI is InChI=1S/C31H26Cl4N2O5/c1-3-5-16-27(38)24(34)13-19-26(17-11-22(32)23(33)12-18(17)31(40)41-10-4-2)20-14-25(35)28(39)21(30(20)42-29(16)19)15-37-8-6-36-7-9-37/h3-4,11-14,36,39H,1-2,5-10,15H2. The fourth-order valence-corrected chi connectivity index (χ4v) is 5.96. The summed E-state index contributed by atoms with van der Waals surface area (Å²) in [6, 6.07) is 6.01. The number of hydrogen-bond donors (Lipinski definition) is 2. The molecule has 0 bridgehead atoms. The molecular weight excluding hydrogens is 622 g/mol. The highest BCUT2D eigenvalue weighted by atomic mass is 35.5. The molecule has 11 heteroatoms. The Kier molecular flexibility index (Phi) is 9.18. The molecule has 42 heavy (non-hydrogen) atoms. The van der Waals surface area contributed by atoms with Crippen LogP contribution in [0.5, 0.6) is 5.75 Å². The van der Waals surface area contributed by atoms with Gasteiger partial charge in [-0.15, -0.1) is 6.58 Å². The number of fused-ring (bicyclic) bond motifs is 2. The van der Waals surface area contributed by atoms with Gasteiger partial charge in [0.1, 0.15) is 23.7 Å². The molecule has 0 radical (unpaired) electrons. The predicted molar refractivity (Wildman–Crippen MR) is 169 cm³/mol. The van der Waals surface area contributed by atoms with Crippen LogP contribution in [-0.4, -0.2) is 48.8 Å². The number of hydrogen-bond acceptors (Lipinski definition) is 7. The quantitative estimate of drug-likeness (QED) is 0.117. The normalized spacial score (nSPS) is 13.9. The molecule has 2 heterocycles. The number of benzene rings is 3. The Morgan fingerprint density at radius 1 is 0.976 bits per heavy atom. The van der Waals surface area contributed by atoms with E-state index in [4.69, 9.17) is 55.6 Å². The largest absolute Gasteiger partial charge is 0.506 e. The first-order chi connectivity index (χ1) is 20.2. The van der Waals surface area contributed by atoms with E-state index in [0.29, 0.717) is 39.8 Å². The first-order valence-corrected chi connectivity index (χ1v) is 14.6. The van der Waals surface area contributed by atoms with E-state index in [-0.39, 0.29) is 55.8 Å². The molecule has 2 aliphatic heterocycles. The molecule has 2 aromatic carbocycles. The van der Waals surface area contributed by atoms with Crippen LogP contribution >= 0.6 is 46.4 Å². The average Bonchev–Trinajstić information content (AvgIpc) is 2.98. The summed E-state index contributed by atoms with van der Waals surface area (Å²) in [4.78, 5) is 28.7. The number of nitrogens with one attached hydrogen (secondary N) is 1. The fourth-order valence-electron chi connectivity index (χ4n) is 5.19. The van der Waals surface area contributed by atoms with Crippen molar-refractivity contribution in [2.24, 2.45) is 0 Å². The first kappa shape index (κ1) is 30.4. The third kappa shape index (κ3) is 5.65. The minimum absolute atomic E-state index is 0.0342. The number of piperazine rings is 1. The van der Waals surface area contributed by atoms with Crippen molar-refractivity contribution in [3.63, 3.8) is 0 Å². The van der Waals surface area contributed by atoms with Gasteiger partial charge in [-0.2, -0.15) is 0 Å². The lowest BCUT2D eigenvalue weighted by atomic mass is 9.88. The third-order valence-corrected chi connectivity index (χ3v) is 8.44. The lowest BCUT2D eigenvalue weighted by molar-refractivity contribution is 0.0550. The number of phenolic OH excluding ortho intramolecular Hbond substituents is 1. The summed E-state index contributed by atoms with van der Waals surface area (Å²) in [5, 5.41) is 15.3. The number of esters is 1. The van der Waals surface area contributed by atoms with Crippen molar-refractivity contribution in [2.75, 3.05) is 32.8 Å². The van der Waals surface area contributed by atoms with E-state index in [9.17, 15) is 14.7 Å². The lowest BCUT2D eigenvalue weighted by Crippen LogP contribution is -2.42. The second-order valence-electron chi connectivity index (χ2n) is 9.80. The second-order valence-corrected chi connectivity index (χ2v) is 11.4. The maximum Gasteiger partial charge on any atom is 0.339 e. The van der Waals surface area contributed by atoms with Crippen molar-refractivity contribution in [1.29, 1.82) is 0 Å². The number of aromatic hydroxyl groups is 1. The molecule has 1 aliphatic carbocycles. The van der Waals surface area contributed by atoms with Crippen LogP contribution in [0.25, 0.3) is 33.4 Å². The maximum absolute atomic E-state index is 13.3. The molecule has 1 saturated heterocycles. The zero-order chi connectivity index (χ0) is 30.1. The van der Waals surface area contributed by atoms with Crippen molar-refractivity contribution < 1.29 is 19.1 Å². The molecule has 0 saturated carbocycles. The van der Waals surface area contributed by atoms with Gasteiger partial charge < -0.3 is 19.6 Å². The van der Waals surface area contributed by atoms with Crippen LogP contribution in [-0.2, 0) is 17.7 Å². The number of phenols is 1. The van der Waals surface area contributed by atoms with Crippen LogP contribution in [0.4, 0.5) is 0 Å². The Balaban J connectivity index is 1.95. The van der Waals surface area contributed by atoms with Crippen LogP contribution in [0.1, 0.15) is 21.5 Å². The Bertz CT molecular complexity index is 1760. The topological polar surface area (TPSA) is 92.0 Å². The van der Waals surface area contributed by atoms with Crippen LogP contribution < -0.4 is 10.7 Å². The fraction of sp³-hybridized carbons (Fsp3) is 0.226. The molecule has 0 amide bonds. The maximum atomic E-state index is 13.3. The molecule has 5 rings (SSSR count). The Morgan fingerprint density at radius 3 is 2.36 bits per heavy atom. The summed E-state index contributed by atoms with van der Waals surface area (Å²) in [6.45, 7) is 10.7. The number of ether oxygens (including phenoxy) is 1. The van der Waals surface area contributed by atoms with E-state index in [1.807, 2.05) is 0 Å². The number of halogens is 4. The van der Waals surface area contributed by atoms with E-state index in [0.717, 1.165) is 26.2 Å². The van der Waals surface area contributed by atoms with Crippen LogP contribution in [0, 0.1) is 0 Å². The summed E-state index contributed by atoms with van der Waals surface area (Å²) in [7, 11) is 0. The van der Waals surface area contributed by atoms with E-state index >= 15 is 0 Å². The van der Waals surface area contributed by atoms with Crippen LogP contribution in [0.15, 0.2) is 58.8 Å². The number of rotatable bonds is 8. The monoisotopic (exact) mass is 646 g/mol. The summed E-state index contributed by atoms with van der Waals surface area (Å²) in [5.41, 5.74) is 1.92. The van der Waals surface area contributed by atoms with Gasteiger partial charge in [-0.1, -0.05) is 65.1 Å². The lowest BCUT2D eigenvalue weighted by Gasteiger charge is -2.28.